The number of pyridine rings is 1. The van der Waals surface area contributed by atoms with E-state index in [0.29, 0.717) is 23.9 Å². The number of carbonyl (C=O) groups excluding carboxylic acids is 1. The number of hydrogen-bond donors (Lipinski definition) is 2. The minimum Gasteiger partial charge on any atom is -0.352 e. The van der Waals surface area contributed by atoms with Crippen molar-refractivity contribution in [1.29, 1.82) is 0 Å². The molecule has 0 aliphatic heterocycles. The van der Waals surface area contributed by atoms with Gasteiger partial charge in [0.1, 0.15) is 0 Å². The van der Waals surface area contributed by atoms with E-state index in [-0.39, 0.29) is 5.91 Å². The minimum absolute atomic E-state index is 0.0398. The number of rotatable bonds is 4. The van der Waals surface area contributed by atoms with Crippen molar-refractivity contribution < 1.29 is 4.79 Å². The van der Waals surface area contributed by atoms with Crippen LogP contribution in [-0.2, 0) is 0 Å². The minimum atomic E-state index is -0.0398. The molecule has 21 heavy (non-hydrogen) atoms. The monoisotopic (exact) mass is 283 g/mol. The smallest absolute Gasteiger partial charge is 0.253 e. The molecule has 1 amide bonds. The van der Waals surface area contributed by atoms with Crippen LogP contribution in [-0.4, -0.2) is 24.0 Å². The topological polar surface area (TPSA) is 68.0 Å². The lowest BCUT2D eigenvalue weighted by Gasteiger charge is -2.18. The van der Waals surface area contributed by atoms with Crippen LogP contribution in [0, 0.1) is 11.8 Å². The Morgan fingerprint density at radius 2 is 2.05 bits per heavy atom. The highest BCUT2D eigenvalue weighted by atomic mass is 16.1. The molecule has 1 fully saturated rings. The summed E-state index contributed by atoms with van der Waals surface area (Å²) >= 11 is 0. The molecule has 2 atom stereocenters. The van der Waals surface area contributed by atoms with Gasteiger partial charge in [0.25, 0.3) is 5.91 Å². The standard InChI is InChI=1S/C17H21N3O/c18-10-13-5-1-6-14(13)11-20-17(21)15-8-2-4-12-7-3-9-19-16(12)15/h2-4,7-9,13-14H,1,5-6,10-11,18H2,(H,20,21). The van der Waals surface area contributed by atoms with Crippen molar-refractivity contribution in [1.82, 2.24) is 10.3 Å². The van der Waals surface area contributed by atoms with Gasteiger partial charge in [-0.15, -0.1) is 0 Å². The lowest BCUT2D eigenvalue weighted by Crippen LogP contribution is -2.33. The molecule has 4 nitrogen and oxygen atoms in total. The molecule has 2 unspecified atom stereocenters. The second-order valence-electron chi connectivity index (χ2n) is 5.78. The number of aromatic nitrogens is 1. The second kappa shape index (κ2) is 6.22. The molecular weight excluding hydrogens is 262 g/mol. The zero-order valence-corrected chi connectivity index (χ0v) is 12.1. The van der Waals surface area contributed by atoms with Crippen LogP contribution in [0.15, 0.2) is 36.5 Å². The number of fused-ring (bicyclic) bond motifs is 1. The molecule has 3 rings (SSSR count). The SMILES string of the molecule is NCC1CCCC1CNC(=O)c1cccc2cccnc12. The lowest BCUT2D eigenvalue weighted by molar-refractivity contribution is 0.0945. The van der Waals surface area contributed by atoms with Crippen molar-refractivity contribution >= 4 is 16.8 Å². The summed E-state index contributed by atoms with van der Waals surface area (Å²) < 4.78 is 0. The summed E-state index contributed by atoms with van der Waals surface area (Å²) in [5.41, 5.74) is 7.21. The van der Waals surface area contributed by atoms with Crippen LogP contribution in [0.3, 0.4) is 0 Å². The summed E-state index contributed by atoms with van der Waals surface area (Å²) in [5.74, 6) is 1.03. The molecule has 1 aromatic carbocycles. The first kappa shape index (κ1) is 14.0. The molecule has 0 bridgehead atoms. The molecule has 1 aliphatic carbocycles. The largest absolute Gasteiger partial charge is 0.352 e. The Labute approximate surface area is 124 Å². The number of nitrogens with two attached hydrogens (primary N) is 1. The predicted octanol–water partition coefficient (Wildman–Crippen LogP) is 2.34. The van der Waals surface area contributed by atoms with E-state index in [0.717, 1.165) is 23.9 Å². The Morgan fingerprint density at radius 1 is 1.24 bits per heavy atom. The van der Waals surface area contributed by atoms with E-state index in [1.54, 1.807) is 6.20 Å². The number of amides is 1. The quantitative estimate of drug-likeness (QED) is 0.905. The number of nitrogens with zero attached hydrogens (tertiary/aromatic N) is 1. The molecule has 1 heterocycles. The Kier molecular flexibility index (Phi) is 4.15. The van der Waals surface area contributed by atoms with Crippen LogP contribution in [0.1, 0.15) is 29.6 Å². The highest BCUT2D eigenvalue weighted by Gasteiger charge is 2.26. The zero-order chi connectivity index (χ0) is 14.7. The third kappa shape index (κ3) is 2.90. The predicted molar refractivity (Wildman–Crippen MR) is 84.0 cm³/mol. The highest BCUT2D eigenvalue weighted by Crippen LogP contribution is 2.30. The Hall–Kier alpha value is -1.94. The normalized spacial score (nSPS) is 21.6. The number of nitrogens with one attached hydrogen (secondary N) is 1. The second-order valence-corrected chi connectivity index (χ2v) is 5.78. The van der Waals surface area contributed by atoms with Gasteiger partial charge < -0.3 is 11.1 Å². The zero-order valence-electron chi connectivity index (χ0n) is 12.1. The van der Waals surface area contributed by atoms with Gasteiger partial charge in [0.2, 0.25) is 0 Å². The third-order valence-corrected chi connectivity index (χ3v) is 4.52. The van der Waals surface area contributed by atoms with Crippen molar-refractivity contribution in [2.75, 3.05) is 13.1 Å². The summed E-state index contributed by atoms with van der Waals surface area (Å²) in [7, 11) is 0. The molecule has 3 N–H and O–H groups in total. The Balaban J connectivity index is 1.72. The molecule has 2 aromatic rings. The fourth-order valence-corrected chi connectivity index (χ4v) is 3.30. The first-order valence-electron chi connectivity index (χ1n) is 7.61. The van der Waals surface area contributed by atoms with Crippen LogP contribution < -0.4 is 11.1 Å². The van der Waals surface area contributed by atoms with Gasteiger partial charge in [-0.1, -0.05) is 24.6 Å². The van der Waals surface area contributed by atoms with E-state index in [4.69, 9.17) is 5.73 Å². The molecule has 4 heteroatoms. The van der Waals surface area contributed by atoms with Gasteiger partial charge in [-0.3, -0.25) is 9.78 Å². The number of benzene rings is 1. The van der Waals surface area contributed by atoms with E-state index in [1.807, 2.05) is 30.3 Å². The maximum absolute atomic E-state index is 12.4. The van der Waals surface area contributed by atoms with Gasteiger partial charge in [0, 0.05) is 18.1 Å². The molecular formula is C17H21N3O. The Morgan fingerprint density at radius 3 is 2.90 bits per heavy atom. The maximum atomic E-state index is 12.4. The first-order chi connectivity index (χ1) is 10.3. The van der Waals surface area contributed by atoms with E-state index in [1.165, 1.54) is 12.8 Å². The van der Waals surface area contributed by atoms with Gasteiger partial charge in [-0.05, 0) is 43.4 Å². The fourth-order valence-electron chi connectivity index (χ4n) is 3.30. The molecule has 1 aromatic heterocycles. The van der Waals surface area contributed by atoms with Crippen LogP contribution in [0.4, 0.5) is 0 Å². The molecule has 0 saturated heterocycles. The van der Waals surface area contributed by atoms with Gasteiger partial charge in [-0.25, -0.2) is 0 Å². The van der Waals surface area contributed by atoms with Crippen LogP contribution in [0.5, 0.6) is 0 Å². The molecule has 0 radical (unpaired) electrons. The third-order valence-electron chi connectivity index (χ3n) is 4.52. The van der Waals surface area contributed by atoms with Crippen LogP contribution in [0.25, 0.3) is 10.9 Å². The highest BCUT2D eigenvalue weighted by molar-refractivity contribution is 6.05. The van der Waals surface area contributed by atoms with Gasteiger partial charge in [-0.2, -0.15) is 0 Å². The van der Waals surface area contributed by atoms with E-state index >= 15 is 0 Å². The van der Waals surface area contributed by atoms with Gasteiger partial charge in [0.05, 0.1) is 11.1 Å². The van der Waals surface area contributed by atoms with Crippen LogP contribution >= 0.6 is 0 Å². The van der Waals surface area contributed by atoms with Gasteiger partial charge >= 0.3 is 0 Å². The molecule has 1 aliphatic rings. The molecule has 1 saturated carbocycles. The number of hydrogen-bond acceptors (Lipinski definition) is 3. The van der Waals surface area contributed by atoms with E-state index < -0.39 is 0 Å². The van der Waals surface area contributed by atoms with E-state index in [2.05, 4.69) is 10.3 Å². The average molecular weight is 283 g/mol. The van der Waals surface area contributed by atoms with Crippen molar-refractivity contribution in [2.45, 2.75) is 19.3 Å². The molecule has 110 valence electrons. The van der Waals surface area contributed by atoms with Crippen molar-refractivity contribution in [3.05, 3.63) is 42.1 Å². The van der Waals surface area contributed by atoms with Crippen molar-refractivity contribution in [2.24, 2.45) is 17.6 Å². The molecule has 0 spiro atoms. The van der Waals surface area contributed by atoms with E-state index in [9.17, 15) is 4.79 Å². The summed E-state index contributed by atoms with van der Waals surface area (Å²) in [4.78, 5) is 16.8. The van der Waals surface area contributed by atoms with Crippen molar-refractivity contribution in [3.8, 4) is 0 Å². The maximum Gasteiger partial charge on any atom is 0.253 e. The summed E-state index contributed by atoms with van der Waals surface area (Å²) in [5, 5.41) is 4.05. The number of para-hydroxylation sites is 1. The summed E-state index contributed by atoms with van der Waals surface area (Å²) in [6.45, 7) is 1.43. The number of carbonyl (C=O) groups is 1. The van der Waals surface area contributed by atoms with Gasteiger partial charge in [0.15, 0.2) is 0 Å². The Bertz CT molecular complexity index is 635. The van der Waals surface area contributed by atoms with Crippen molar-refractivity contribution in [3.63, 3.8) is 0 Å². The summed E-state index contributed by atoms with van der Waals surface area (Å²) in [6.07, 6.45) is 5.29. The van der Waals surface area contributed by atoms with Crippen LogP contribution in [0.2, 0.25) is 0 Å². The average Bonchev–Trinajstić information content (AvgIpc) is 2.99. The lowest BCUT2D eigenvalue weighted by atomic mass is 9.96. The first-order valence-corrected chi connectivity index (χ1v) is 7.61. The summed E-state index contributed by atoms with van der Waals surface area (Å²) in [6, 6.07) is 9.56. The fraction of sp³-hybridized carbons (Fsp3) is 0.412.